The number of carboxylic acid groups (broad SMARTS) is 1. The van der Waals surface area contributed by atoms with Crippen LogP contribution < -0.4 is 16.1 Å². The van der Waals surface area contributed by atoms with Gasteiger partial charge in [-0.05, 0) is 6.07 Å². The first-order valence-corrected chi connectivity index (χ1v) is 3.31. The number of carboxylic acids is 1. The lowest BCUT2D eigenvalue weighted by Gasteiger charge is -2.14. The molecule has 0 atom stereocenters. The first kappa shape index (κ1) is 9.30. The standard InChI is InChI=1S/C7H8N2O4/c8-6-4(7(10)11)2-1-3-5(6)9(12)13/h1-3,12-13H,8H2,(H,10,11)/p-1. The molecule has 6 nitrogen and oxygen atoms in total. The summed E-state index contributed by atoms with van der Waals surface area (Å²) >= 11 is 0. The quantitative estimate of drug-likeness (QED) is 0.409. The molecule has 1 rings (SSSR count). The first-order valence-electron chi connectivity index (χ1n) is 3.31. The van der Waals surface area contributed by atoms with Crippen LogP contribution in [0.4, 0.5) is 11.4 Å². The number of nitrogens with zero attached hydrogens (tertiary/aromatic N) is 1. The van der Waals surface area contributed by atoms with E-state index in [1.165, 1.54) is 18.2 Å². The Labute approximate surface area is 73.3 Å². The molecule has 6 heteroatoms. The lowest BCUT2D eigenvalue weighted by molar-refractivity contribution is -0.254. The Bertz CT molecular complexity index is 337. The van der Waals surface area contributed by atoms with Gasteiger partial charge in [-0.15, -0.1) is 5.23 Å². The fourth-order valence-corrected chi connectivity index (χ4v) is 0.905. The Kier molecular flexibility index (Phi) is 2.36. The normalized spacial score (nSPS) is 9.69. The van der Waals surface area contributed by atoms with Crippen molar-refractivity contribution in [2.24, 2.45) is 0 Å². The predicted molar refractivity (Wildman–Crippen MR) is 41.2 cm³/mol. The minimum atomic E-state index is -1.47. The van der Waals surface area contributed by atoms with Crippen molar-refractivity contribution in [1.82, 2.24) is 0 Å². The van der Waals surface area contributed by atoms with Crippen molar-refractivity contribution in [3.63, 3.8) is 0 Å². The maximum absolute atomic E-state index is 10.4. The molecule has 0 aromatic heterocycles. The van der Waals surface area contributed by atoms with E-state index in [1.54, 1.807) is 0 Å². The molecule has 0 bridgehead atoms. The molecule has 13 heavy (non-hydrogen) atoms. The Balaban J connectivity index is 3.26. The Morgan fingerprint density at radius 2 is 2.08 bits per heavy atom. The van der Waals surface area contributed by atoms with Crippen molar-refractivity contribution in [3.8, 4) is 0 Å². The van der Waals surface area contributed by atoms with Gasteiger partial charge in [0.1, 0.15) is 5.69 Å². The molecule has 0 saturated carbocycles. The zero-order chi connectivity index (χ0) is 10.0. The van der Waals surface area contributed by atoms with E-state index in [2.05, 4.69) is 0 Å². The second-order valence-corrected chi connectivity index (χ2v) is 2.32. The van der Waals surface area contributed by atoms with Crippen LogP contribution in [0, 0.1) is 0 Å². The van der Waals surface area contributed by atoms with Crippen molar-refractivity contribution in [2.75, 3.05) is 11.0 Å². The van der Waals surface area contributed by atoms with E-state index in [0.29, 0.717) is 0 Å². The SMILES string of the molecule is Nc1c(C(=O)[O-])cccc1N(O)O. The number of rotatable bonds is 2. The van der Waals surface area contributed by atoms with Crippen LogP contribution in [-0.4, -0.2) is 16.4 Å². The molecule has 1 aromatic rings. The zero-order valence-electron chi connectivity index (χ0n) is 6.47. The monoisotopic (exact) mass is 183 g/mol. The van der Waals surface area contributed by atoms with E-state index in [4.69, 9.17) is 16.1 Å². The molecule has 0 saturated heterocycles. The van der Waals surface area contributed by atoms with Crippen molar-refractivity contribution in [2.45, 2.75) is 0 Å². The minimum absolute atomic E-state index is 0.207. The van der Waals surface area contributed by atoms with Crippen LogP contribution in [0.2, 0.25) is 0 Å². The summed E-state index contributed by atoms with van der Waals surface area (Å²) in [6.45, 7) is 0. The highest BCUT2D eigenvalue weighted by Crippen LogP contribution is 2.23. The van der Waals surface area contributed by atoms with Crippen LogP contribution >= 0.6 is 0 Å². The van der Waals surface area contributed by atoms with Crippen molar-refractivity contribution >= 4 is 17.3 Å². The minimum Gasteiger partial charge on any atom is -0.545 e. The number of aromatic carboxylic acids is 1. The average molecular weight is 183 g/mol. The Morgan fingerprint density at radius 1 is 1.46 bits per heavy atom. The third-order valence-electron chi connectivity index (χ3n) is 1.52. The second kappa shape index (κ2) is 3.30. The van der Waals surface area contributed by atoms with Gasteiger partial charge in [-0.1, -0.05) is 12.1 Å². The topological polar surface area (TPSA) is 110 Å². The maximum atomic E-state index is 10.4. The number of para-hydroxylation sites is 1. The number of hydrogen-bond acceptors (Lipinski definition) is 6. The average Bonchev–Trinajstić information content (AvgIpc) is 2.03. The lowest BCUT2D eigenvalue weighted by atomic mass is 10.1. The van der Waals surface area contributed by atoms with Gasteiger partial charge < -0.3 is 15.6 Å². The van der Waals surface area contributed by atoms with Gasteiger partial charge in [-0.3, -0.25) is 10.4 Å². The predicted octanol–water partition coefficient (Wildman–Crippen LogP) is -0.783. The lowest BCUT2D eigenvalue weighted by Crippen LogP contribution is -2.24. The molecule has 0 aliphatic heterocycles. The molecule has 0 radical (unpaired) electrons. The largest absolute Gasteiger partial charge is 0.545 e. The molecule has 0 heterocycles. The molecule has 4 N–H and O–H groups in total. The summed E-state index contributed by atoms with van der Waals surface area (Å²) in [4.78, 5) is 10.4. The molecule has 0 fully saturated rings. The fourth-order valence-electron chi connectivity index (χ4n) is 0.905. The van der Waals surface area contributed by atoms with Crippen LogP contribution in [0.1, 0.15) is 10.4 Å². The van der Waals surface area contributed by atoms with Gasteiger partial charge in [0.05, 0.1) is 11.7 Å². The van der Waals surface area contributed by atoms with Crippen LogP contribution in [-0.2, 0) is 0 Å². The van der Waals surface area contributed by atoms with Crippen LogP contribution in [0.15, 0.2) is 18.2 Å². The number of nitrogen functional groups attached to an aromatic ring is 1. The van der Waals surface area contributed by atoms with E-state index in [1.807, 2.05) is 0 Å². The molecule has 0 aliphatic carbocycles. The van der Waals surface area contributed by atoms with Crippen molar-refractivity contribution in [3.05, 3.63) is 23.8 Å². The molecule has 0 spiro atoms. The summed E-state index contributed by atoms with van der Waals surface area (Å²) in [7, 11) is 0. The summed E-state index contributed by atoms with van der Waals surface area (Å²) in [5.74, 6) is -1.47. The smallest absolute Gasteiger partial charge is 0.118 e. The number of hydrogen-bond donors (Lipinski definition) is 3. The van der Waals surface area contributed by atoms with Crippen LogP contribution in [0.25, 0.3) is 0 Å². The second-order valence-electron chi connectivity index (χ2n) is 2.32. The molecular weight excluding hydrogens is 176 g/mol. The number of carbonyl (C=O) groups is 1. The summed E-state index contributed by atoms with van der Waals surface area (Å²) in [6.07, 6.45) is 0. The number of nitrogens with two attached hydrogens (primary N) is 1. The third kappa shape index (κ3) is 1.68. The third-order valence-corrected chi connectivity index (χ3v) is 1.52. The van der Waals surface area contributed by atoms with E-state index in [-0.39, 0.29) is 22.2 Å². The Morgan fingerprint density at radius 3 is 2.54 bits per heavy atom. The van der Waals surface area contributed by atoms with Gasteiger partial charge in [-0.25, -0.2) is 0 Å². The van der Waals surface area contributed by atoms with Gasteiger partial charge in [0.2, 0.25) is 0 Å². The number of carbonyl (C=O) groups excluding carboxylic acids is 1. The summed E-state index contributed by atoms with van der Waals surface area (Å²) in [5, 5.41) is 27.4. The van der Waals surface area contributed by atoms with Crippen molar-refractivity contribution < 1.29 is 20.3 Å². The van der Waals surface area contributed by atoms with Crippen LogP contribution in [0.5, 0.6) is 0 Å². The van der Waals surface area contributed by atoms with Crippen LogP contribution in [0.3, 0.4) is 0 Å². The van der Waals surface area contributed by atoms with Gasteiger partial charge in [0.15, 0.2) is 0 Å². The summed E-state index contributed by atoms with van der Waals surface area (Å²) in [6, 6.07) is 3.77. The summed E-state index contributed by atoms with van der Waals surface area (Å²) in [5.41, 5.74) is 4.55. The Hall–Kier alpha value is -1.79. The molecule has 1 aromatic carbocycles. The highest BCUT2D eigenvalue weighted by molar-refractivity contribution is 5.95. The van der Waals surface area contributed by atoms with Crippen molar-refractivity contribution in [1.29, 1.82) is 0 Å². The molecule has 0 aliphatic rings. The number of benzene rings is 1. The van der Waals surface area contributed by atoms with Gasteiger partial charge in [0, 0.05) is 5.56 Å². The van der Waals surface area contributed by atoms with E-state index in [9.17, 15) is 9.90 Å². The first-order chi connectivity index (χ1) is 6.04. The van der Waals surface area contributed by atoms with E-state index < -0.39 is 5.97 Å². The van der Waals surface area contributed by atoms with Gasteiger partial charge >= 0.3 is 0 Å². The molecule has 70 valence electrons. The molecule has 0 amide bonds. The van der Waals surface area contributed by atoms with E-state index in [0.717, 1.165) is 0 Å². The van der Waals surface area contributed by atoms with Gasteiger partial charge in [-0.2, -0.15) is 0 Å². The summed E-state index contributed by atoms with van der Waals surface area (Å²) < 4.78 is 0. The van der Waals surface area contributed by atoms with Gasteiger partial charge in [0.25, 0.3) is 0 Å². The molecular formula is C7H7N2O4-. The molecule has 0 unspecified atom stereocenters. The maximum Gasteiger partial charge on any atom is 0.118 e. The fraction of sp³-hybridized carbons (Fsp3) is 0. The zero-order valence-corrected chi connectivity index (χ0v) is 6.47. The van der Waals surface area contributed by atoms with E-state index >= 15 is 0 Å². The highest BCUT2D eigenvalue weighted by atomic mass is 16.8. The number of anilines is 2. The highest BCUT2D eigenvalue weighted by Gasteiger charge is 2.08.